The number of amides is 2. The number of nitrogens with zero attached hydrogens (tertiary/aromatic N) is 1. The lowest BCUT2D eigenvalue weighted by Gasteiger charge is -2.35. The molecule has 152 valence electrons. The van der Waals surface area contributed by atoms with Crippen LogP contribution in [0.3, 0.4) is 0 Å². The maximum atomic E-state index is 12.5. The summed E-state index contributed by atoms with van der Waals surface area (Å²) in [5.41, 5.74) is 5.41. The number of rotatable bonds is 13. The van der Waals surface area contributed by atoms with Crippen LogP contribution in [0.15, 0.2) is 0 Å². The van der Waals surface area contributed by atoms with Crippen molar-refractivity contribution in [3.05, 3.63) is 0 Å². The van der Waals surface area contributed by atoms with E-state index in [2.05, 4.69) is 12.2 Å². The van der Waals surface area contributed by atoms with E-state index >= 15 is 0 Å². The fraction of sp³-hybridized carbons (Fsp3) is 0.900. The van der Waals surface area contributed by atoms with Crippen LogP contribution in [-0.4, -0.2) is 42.8 Å². The summed E-state index contributed by atoms with van der Waals surface area (Å²) in [6.07, 6.45) is 12.9. The molecule has 1 aliphatic rings. The van der Waals surface area contributed by atoms with Gasteiger partial charge in [-0.05, 0) is 32.2 Å². The molecule has 1 rings (SSSR count). The minimum Gasteiger partial charge on any atom is -0.425 e. The van der Waals surface area contributed by atoms with Crippen molar-refractivity contribution in [2.24, 2.45) is 5.73 Å². The first-order valence-corrected chi connectivity index (χ1v) is 10.6. The largest absolute Gasteiger partial charge is 0.425 e. The lowest BCUT2D eigenvalue weighted by Crippen LogP contribution is -2.47. The molecule has 6 heteroatoms. The maximum Gasteiger partial charge on any atom is 0.409 e. The number of carbonyl (C=O) groups is 2. The highest BCUT2D eigenvalue weighted by Gasteiger charge is 2.29. The molecule has 1 atom stereocenters. The number of likely N-dealkylation sites (tertiary alicyclic amines) is 1. The van der Waals surface area contributed by atoms with Crippen molar-refractivity contribution in [2.75, 3.05) is 19.6 Å². The Kier molecular flexibility index (Phi) is 13.0. The van der Waals surface area contributed by atoms with E-state index in [9.17, 15) is 9.59 Å². The Balaban J connectivity index is 2.23. The number of alkyl carbamates (subject to hydrolysis) is 1. The van der Waals surface area contributed by atoms with Gasteiger partial charge in [-0.1, -0.05) is 51.9 Å². The normalized spacial score (nSPS) is 17.2. The first-order valence-electron chi connectivity index (χ1n) is 10.6. The van der Waals surface area contributed by atoms with E-state index in [0.29, 0.717) is 26.1 Å². The van der Waals surface area contributed by atoms with Crippen LogP contribution in [0.1, 0.15) is 90.4 Å². The van der Waals surface area contributed by atoms with Gasteiger partial charge >= 0.3 is 6.09 Å². The van der Waals surface area contributed by atoms with Gasteiger partial charge in [0.2, 0.25) is 5.91 Å². The van der Waals surface area contributed by atoms with Crippen molar-refractivity contribution in [1.82, 2.24) is 10.2 Å². The summed E-state index contributed by atoms with van der Waals surface area (Å²) in [7, 11) is 0. The van der Waals surface area contributed by atoms with E-state index in [1.54, 1.807) is 4.90 Å². The predicted molar refractivity (Wildman–Crippen MR) is 105 cm³/mol. The molecule has 0 radical (unpaired) electrons. The lowest BCUT2D eigenvalue weighted by molar-refractivity contribution is -0.144. The third-order valence-electron chi connectivity index (χ3n) is 4.91. The lowest BCUT2D eigenvalue weighted by atomic mass is 10.1. The van der Waals surface area contributed by atoms with E-state index in [0.717, 1.165) is 38.5 Å². The number of carbonyl (C=O) groups excluding carboxylic acids is 2. The Bertz CT molecular complexity index is 390. The van der Waals surface area contributed by atoms with Gasteiger partial charge in [0, 0.05) is 25.9 Å². The summed E-state index contributed by atoms with van der Waals surface area (Å²) in [5, 5.41) is 2.69. The molecule has 0 bridgehead atoms. The number of nitrogens with two attached hydrogens (primary N) is 1. The molecule has 1 fully saturated rings. The standard InChI is InChI=1S/C20H39N3O3/c1-2-3-4-5-6-7-8-9-13-18(24)23-17-11-10-14-19(23)26-20(25)22-16-12-15-21/h19H,2-17,21H2,1H3,(H,22,25)/t19-/m0/s1. The Morgan fingerprint density at radius 2 is 1.73 bits per heavy atom. The predicted octanol–water partition coefficient (Wildman–Crippen LogP) is 3.93. The zero-order valence-electron chi connectivity index (χ0n) is 16.6. The van der Waals surface area contributed by atoms with E-state index < -0.39 is 12.3 Å². The molecule has 2 amide bonds. The van der Waals surface area contributed by atoms with Crippen LogP contribution in [0, 0.1) is 0 Å². The number of unbranched alkanes of at least 4 members (excludes halogenated alkanes) is 7. The second-order valence-electron chi connectivity index (χ2n) is 7.24. The highest BCUT2D eigenvalue weighted by Crippen LogP contribution is 2.20. The zero-order chi connectivity index (χ0) is 19.0. The molecular weight excluding hydrogens is 330 g/mol. The van der Waals surface area contributed by atoms with Gasteiger partial charge in [0.05, 0.1) is 0 Å². The SMILES string of the molecule is CCCCCCCCCCC(=O)N1CCCC[C@@H]1OC(=O)NCCCN. The van der Waals surface area contributed by atoms with Crippen molar-refractivity contribution >= 4 is 12.0 Å². The van der Waals surface area contributed by atoms with Gasteiger partial charge in [-0.25, -0.2) is 4.79 Å². The number of piperidine rings is 1. The topological polar surface area (TPSA) is 84.7 Å². The van der Waals surface area contributed by atoms with Crippen LogP contribution in [0.5, 0.6) is 0 Å². The Morgan fingerprint density at radius 3 is 2.42 bits per heavy atom. The van der Waals surface area contributed by atoms with Crippen LogP contribution in [0.25, 0.3) is 0 Å². The molecule has 1 aliphatic heterocycles. The first kappa shape index (κ1) is 22.7. The quantitative estimate of drug-likeness (QED) is 0.482. The zero-order valence-corrected chi connectivity index (χ0v) is 16.6. The van der Waals surface area contributed by atoms with E-state index in [-0.39, 0.29) is 5.91 Å². The molecule has 3 N–H and O–H groups in total. The Labute approximate surface area is 159 Å². The van der Waals surface area contributed by atoms with E-state index in [1.807, 2.05) is 0 Å². The van der Waals surface area contributed by atoms with Crippen LogP contribution < -0.4 is 11.1 Å². The van der Waals surface area contributed by atoms with Crippen molar-refractivity contribution in [3.63, 3.8) is 0 Å². The molecule has 1 saturated heterocycles. The van der Waals surface area contributed by atoms with Gasteiger partial charge in [0.25, 0.3) is 0 Å². The number of hydrogen-bond acceptors (Lipinski definition) is 4. The first-order chi connectivity index (χ1) is 12.7. The Hall–Kier alpha value is -1.30. The molecule has 1 heterocycles. The van der Waals surface area contributed by atoms with E-state index in [1.165, 1.54) is 38.5 Å². The van der Waals surface area contributed by atoms with Crippen LogP contribution in [0.2, 0.25) is 0 Å². The van der Waals surface area contributed by atoms with Gasteiger partial charge < -0.3 is 20.7 Å². The van der Waals surface area contributed by atoms with Crippen LogP contribution >= 0.6 is 0 Å². The Morgan fingerprint density at radius 1 is 1.04 bits per heavy atom. The van der Waals surface area contributed by atoms with Crippen molar-refractivity contribution in [3.8, 4) is 0 Å². The fourth-order valence-electron chi connectivity index (χ4n) is 3.32. The third-order valence-corrected chi connectivity index (χ3v) is 4.91. The average molecular weight is 370 g/mol. The average Bonchev–Trinajstić information content (AvgIpc) is 2.64. The second kappa shape index (κ2) is 14.8. The van der Waals surface area contributed by atoms with Crippen molar-refractivity contribution in [1.29, 1.82) is 0 Å². The number of hydrogen-bond donors (Lipinski definition) is 2. The van der Waals surface area contributed by atoms with E-state index in [4.69, 9.17) is 10.5 Å². The molecule has 0 aromatic heterocycles. The molecule has 0 aromatic rings. The van der Waals surface area contributed by atoms with Gasteiger partial charge in [0.1, 0.15) is 0 Å². The summed E-state index contributed by atoms with van der Waals surface area (Å²) in [6, 6.07) is 0. The molecule has 6 nitrogen and oxygen atoms in total. The number of nitrogens with one attached hydrogen (secondary N) is 1. The summed E-state index contributed by atoms with van der Waals surface area (Å²) in [6.45, 7) is 3.96. The van der Waals surface area contributed by atoms with Gasteiger partial charge in [-0.15, -0.1) is 0 Å². The van der Waals surface area contributed by atoms with Crippen molar-refractivity contribution < 1.29 is 14.3 Å². The van der Waals surface area contributed by atoms with Crippen LogP contribution in [0.4, 0.5) is 4.79 Å². The minimum atomic E-state index is -0.449. The summed E-state index contributed by atoms with van der Waals surface area (Å²) < 4.78 is 5.47. The van der Waals surface area contributed by atoms with Crippen molar-refractivity contribution in [2.45, 2.75) is 96.6 Å². The maximum absolute atomic E-state index is 12.5. The molecule has 0 aromatic carbocycles. The van der Waals surface area contributed by atoms with Crippen LogP contribution in [-0.2, 0) is 9.53 Å². The molecular formula is C20H39N3O3. The van der Waals surface area contributed by atoms with Gasteiger partial charge in [-0.2, -0.15) is 0 Å². The summed E-state index contributed by atoms with van der Waals surface area (Å²) in [4.78, 5) is 26.1. The molecule has 26 heavy (non-hydrogen) atoms. The molecule has 0 saturated carbocycles. The molecule has 0 spiro atoms. The summed E-state index contributed by atoms with van der Waals surface area (Å²) >= 11 is 0. The van der Waals surface area contributed by atoms with Gasteiger partial charge in [0.15, 0.2) is 6.23 Å². The summed E-state index contributed by atoms with van der Waals surface area (Å²) in [5.74, 6) is 0.121. The minimum absolute atomic E-state index is 0.121. The van der Waals surface area contributed by atoms with Gasteiger partial charge in [-0.3, -0.25) is 4.79 Å². The molecule has 0 unspecified atom stereocenters. The highest BCUT2D eigenvalue weighted by molar-refractivity contribution is 5.77. The third kappa shape index (κ3) is 10.00. The highest BCUT2D eigenvalue weighted by atomic mass is 16.6. The second-order valence-corrected chi connectivity index (χ2v) is 7.24. The number of ether oxygens (including phenoxy) is 1. The fourth-order valence-corrected chi connectivity index (χ4v) is 3.32. The monoisotopic (exact) mass is 369 g/mol. The molecule has 0 aliphatic carbocycles. The smallest absolute Gasteiger partial charge is 0.409 e.